The van der Waals surface area contributed by atoms with Gasteiger partial charge in [-0.3, -0.25) is 0 Å². The molecule has 1 heterocycles. The first kappa shape index (κ1) is 11.5. The zero-order chi connectivity index (χ0) is 12.5. The molecule has 3 heteroatoms. The summed E-state index contributed by atoms with van der Waals surface area (Å²) in [5.74, 6) is 0. The van der Waals surface area contributed by atoms with Gasteiger partial charge in [-0.25, -0.2) is 4.68 Å². The molecule has 0 bridgehead atoms. The van der Waals surface area contributed by atoms with E-state index in [9.17, 15) is 0 Å². The maximum absolute atomic E-state index is 4.46. The van der Waals surface area contributed by atoms with Crippen molar-refractivity contribution in [3.05, 3.63) is 47.3 Å². The minimum atomic E-state index is 0.763. The van der Waals surface area contributed by atoms with Crippen LogP contribution in [-0.4, -0.2) is 15.8 Å². The fourth-order valence-corrected chi connectivity index (χ4v) is 2.18. The van der Waals surface area contributed by atoms with Gasteiger partial charge >= 0.3 is 0 Å². The Morgan fingerprint density at radius 1 is 1.28 bits per heavy atom. The van der Waals surface area contributed by atoms with E-state index in [1.165, 1.54) is 29.7 Å². The summed E-state index contributed by atoms with van der Waals surface area (Å²) in [6.07, 6.45) is 4.69. The topological polar surface area (TPSA) is 29.9 Å². The van der Waals surface area contributed by atoms with Crippen LogP contribution in [0.1, 0.15) is 29.7 Å². The van der Waals surface area contributed by atoms with Crippen molar-refractivity contribution in [2.45, 2.75) is 39.3 Å². The van der Waals surface area contributed by atoms with Crippen LogP contribution >= 0.6 is 0 Å². The monoisotopic (exact) mass is 241 g/mol. The molecule has 0 unspecified atom stereocenters. The van der Waals surface area contributed by atoms with Crippen molar-refractivity contribution < 1.29 is 0 Å². The van der Waals surface area contributed by atoms with Crippen LogP contribution in [0.15, 0.2) is 30.5 Å². The second kappa shape index (κ2) is 4.58. The van der Waals surface area contributed by atoms with Crippen LogP contribution in [0, 0.1) is 13.8 Å². The zero-order valence-electron chi connectivity index (χ0n) is 11.0. The number of aryl methyl sites for hydroxylation is 2. The van der Waals surface area contributed by atoms with E-state index in [1.807, 2.05) is 23.9 Å². The quantitative estimate of drug-likeness (QED) is 0.892. The number of nitrogens with one attached hydrogen (secondary N) is 1. The number of benzene rings is 1. The number of rotatable bonds is 4. The Bertz CT molecular complexity index is 553. The van der Waals surface area contributed by atoms with Gasteiger partial charge in [-0.2, -0.15) is 5.10 Å². The van der Waals surface area contributed by atoms with E-state index in [-0.39, 0.29) is 0 Å². The average molecular weight is 241 g/mol. The van der Waals surface area contributed by atoms with Crippen molar-refractivity contribution in [3.8, 4) is 5.69 Å². The number of nitrogens with zero attached hydrogens (tertiary/aromatic N) is 2. The molecule has 0 saturated heterocycles. The van der Waals surface area contributed by atoms with Gasteiger partial charge in [-0.15, -0.1) is 0 Å². The highest BCUT2D eigenvalue weighted by molar-refractivity contribution is 5.42. The largest absolute Gasteiger partial charge is 0.310 e. The normalized spacial score (nSPS) is 15.0. The van der Waals surface area contributed by atoms with Crippen LogP contribution < -0.4 is 5.32 Å². The van der Waals surface area contributed by atoms with Crippen LogP contribution in [-0.2, 0) is 6.54 Å². The maximum Gasteiger partial charge on any atom is 0.0675 e. The van der Waals surface area contributed by atoms with Crippen molar-refractivity contribution in [1.29, 1.82) is 0 Å². The number of hydrogen-bond acceptors (Lipinski definition) is 2. The molecule has 3 rings (SSSR count). The Balaban J connectivity index is 1.79. The van der Waals surface area contributed by atoms with Gasteiger partial charge in [-0.05, 0) is 49.9 Å². The van der Waals surface area contributed by atoms with Crippen LogP contribution in [0.4, 0.5) is 0 Å². The van der Waals surface area contributed by atoms with Gasteiger partial charge in [0.2, 0.25) is 0 Å². The summed E-state index contributed by atoms with van der Waals surface area (Å²) in [6, 6.07) is 9.39. The molecule has 0 aliphatic heterocycles. The van der Waals surface area contributed by atoms with Crippen LogP contribution in [0.2, 0.25) is 0 Å². The average Bonchev–Trinajstić information content (AvgIpc) is 3.09. The third-order valence-corrected chi connectivity index (χ3v) is 3.40. The molecule has 0 radical (unpaired) electrons. The van der Waals surface area contributed by atoms with Gasteiger partial charge < -0.3 is 5.32 Å². The first-order chi connectivity index (χ1) is 8.72. The molecular formula is C15H19N3. The molecule has 0 amide bonds. The number of hydrogen-bond donors (Lipinski definition) is 1. The lowest BCUT2D eigenvalue weighted by Crippen LogP contribution is -2.15. The molecule has 3 nitrogen and oxygen atoms in total. The van der Waals surface area contributed by atoms with E-state index in [0.717, 1.165) is 18.3 Å². The maximum atomic E-state index is 4.46. The van der Waals surface area contributed by atoms with Crippen LogP contribution in [0.5, 0.6) is 0 Å². The van der Waals surface area contributed by atoms with Crippen LogP contribution in [0.25, 0.3) is 5.69 Å². The molecule has 1 aromatic carbocycles. The minimum absolute atomic E-state index is 0.763. The Morgan fingerprint density at radius 3 is 2.72 bits per heavy atom. The first-order valence-electron chi connectivity index (χ1n) is 6.58. The molecule has 1 aromatic heterocycles. The predicted octanol–water partition coefficient (Wildman–Crippen LogP) is 2.74. The molecular weight excluding hydrogens is 222 g/mol. The summed E-state index contributed by atoms with van der Waals surface area (Å²) in [7, 11) is 0. The first-order valence-corrected chi connectivity index (χ1v) is 6.58. The lowest BCUT2D eigenvalue weighted by atomic mass is 10.1. The van der Waals surface area contributed by atoms with E-state index in [2.05, 4.69) is 35.5 Å². The highest BCUT2D eigenvalue weighted by Crippen LogP contribution is 2.20. The molecule has 1 saturated carbocycles. The molecule has 94 valence electrons. The molecule has 18 heavy (non-hydrogen) atoms. The Labute approximate surface area is 108 Å². The van der Waals surface area contributed by atoms with E-state index in [1.54, 1.807) is 0 Å². The molecule has 1 fully saturated rings. The molecule has 0 spiro atoms. The van der Waals surface area contributed by atoms with Crippen molar-refractivity contribution in [3.63, 3.8) is 0 Å². The smallest absolute Gasteiger partial charge is 0.0675 e. The highest BCUT2D eigenvalue weighted by atomic mass is 15.3. The molecule has 2 aromatic rings. The van der Waals surface area contributed by atoms with Crippen molar-refractivity contribution in [2.24, 2.45) is 0 Å². The van der Waals surface area contributed by atoms with Crippen LogP contribution in [0.3, 0.4) is 0 Å². The molecule has 1 N–H and O–H groups in total. The Hall–Kier alpha value is -1.61. The van der Waals surface area contributed by atoms with Gasteiger partial charge in [0.25, 0.3) is 0 Å². The van der Waals surface area contributed by atoms with Gasteiger partial charge in [0.15, 0.2) is 0 Å². The van der Waals surface area contributed by atoms with Crippen molar-refractivity contribution in [2.75, 3.05) is 0 Å². The molecule has 1 aliphatic rings. The fraction of sp³-hybridized carbons (Fsp3) is 0.400. The summed E-state index contributed by atoms with van der Waals surface area (Å²) >= 11 is 0. The second-order valence-corrected chi connectivity index (χ2v) is 5.18. The van der Waals surface area contributed by atoms with Gasteiger partial charge in [-0.1, -0.05) is 12.1 Å². The van der Waals surface area contributed by atoms with Gasteiger partial charge in [0, 0.05) is 18.8 Å². The molecule has 0 atom stereocenters. The fourth-order valence-electron chi connectivity index (χ4n) is 2.18. The van der Waals surface area contributed by atoms with E-state index >= 15 is 0 Å². The molecule has 1 aliphatic carbocycles. The van der Waals surface area contributed by atoms with Crippen molar-refractivity contribution >= 4 is 0 Å². The lowest BCUT2D eigenvalue weighted by Gasteiger charge is -2.09. The summed E-state index contributed by atoms with van der Waals surface area (Å²) < 4.78 is 1.95. The highest BCUT2D eigenvalue weighted by Gasteiger charge is 2.19. The summed E-state index contributed by atoms with van der Waals surface area (Å²) in [5.41, 5.74) is 4.84. The van der Waals surface area contributed by atoms with Gasteiger partial charge in [0.1, 0.15) is 0 Å². The van der Waals surface area contributed by atoms with E-state index < -0.39 is 0 Å². The van der Waals surface area contributed by atoms with Crippen molar-refractivity contribution in [1.82, 2.24) is 15.1 Å². The SMILES string of the molecule is Cc1ccn(-c2ccc(CNC3CC3)cc2C)n1. The summed E-state index contributed by atoms with van der Waals surface area (Å²) in [5, 5.41) is 8.00. The summed E-state index contributed by atoms with van der Waals surface area (Å²) in [4.78, 5) is 0. The second-order valence-electron chi connectivity index (χ2n) is 5.18. The Kier molecular flexibility index (Phi) is 2.92. The number of aromatic nitrogens is 2. The Morgan fingerprint density at radius 2 is 2.11 bits per heavy atom. The third kappa shape index (κ3) is 2.46. The van der Waals surface area contributed by atoms with E-state index in [0.29, 0.717) is 0 Å². The standard InChI is InChI=1S/C15H19N3/c1-11-9-13(10-16-14-4-5-14)3-6-15(11)18-8-7-12(2)17-18/h3,6-9,14,16H,4-5,10H2,1-2H3. The minimum Gasteiger partial charge on any atom is -0.310 e. The summed E-state index contributed by atoms with van der Waals surface area (Å²) in [6.45, 7) is 5.14. The van der Waals surface area contributed by atoms with E-state index in [4.69, 9.17) is 0 Å². The predicted molar refractivity (Wildman–Crippen MR) is 72.9 cm³/mol. The zero-order valence-corrected chi connectivity index (χ0v) is 11.0. The third-order valence-electron chi connectivity index (χ3n) is 3.40. The lowest BCUT2D eigenvalue weighted by molar-refractivity contribution is 0.687. The van der Waals surface area contributed by atoms with Gasteiger partial charge in [0.05, 0.1) is 11.4 Å².